The fourth-order valence-corrected chi connectivity index (χ4v) is 2.38. The zero-order valence-corrected chi connectivity index (χ0v) is 12.0. The predicted molar refractivity (Wildman–Crippen MR) is 76.8 cm³/mol. The van der Waals surface area contributed by atoms with Crippen molar-refractivity contribution < 1.29 is 14.3 Å². The first-order valence-corrected chi connectivity index (χ1v) is 7.12. The molecule has 1 aliphatic carbocycles. The Hall–Kier alpha value is -1.92. The SMILES string of the molecule is COc1ccccc1-c1nnc(CN(CCO)C2CC2)o1. The molecule has 1 aliphatic rings. The van der Waals surface area contributed by atoms with E-state index in [4.69, 9.17) is 14.3 Å². The van der Waals surface area contributed by atoms with Crippen molar-refractivity contribution in [3.63, 3.8) is 0 Å². The number of aliphatic hydroxyl groups is 1. The van der Waals surface area contributed by atoms with Crippen molar-refractivity contribution in [1.29, 1.82) is 0 Å². The van der Waals surface area contributed by atoms with Gasteiger partial charge >= 0.3 is 0 Å². The lowest BCUT2D eigenvalue weighted by Crippen LogP contribution is -2.28. The van der Waals surface area contributed by atoms with Gasteiger partial charge in [-0.3, -0.25) is 4.90 Å². The summed E-state index contributed by atoms with van der Waals surface area (Å²) in [6, 6.07) is 8.10. The summed E-state index contributed by atoms with van der Waals surface area (Å²) in [5.74, 6) is 1.74. The van der Waals surface area contributed by atoms with Crippen LogP contribution in [-0.4, -0.2) is 46.5 Å². The second kappa shape index (κ2) is 6.24. The van der Waals surface area contributed by atoms with Gasteiger partial charge in [0.1, 0.15) is 5.75 Å². The number of benzene rings is 1. The molecule has 1 aromatic heterocycles. The second-order valence-electron chi connectivity index (χ2n) is 5.13. The van der Waals surface area contributed by atoms with Gasteiger partial charge in [0.25, 0.3) is 5.89 Å². The van der Waals surface area contributed by atoms with Crippen molar-refractivity contribution in [2.24, 2.45) is 0 Å². The lowest BCUT2D eigenvalue weighted by Gasteiger charge is -2.18. The van der Waals surface area contributed by atoms with E-state index in [1.807, 2.05) is 24.3 Å². The van der Waals surface area contributed by atoms with E-state index in [2.05, 4.69) is 15.1 Å². The van der Waals surface area contributed by atoms with E-state index in [0.29, 0.717) is 36.7 Å². The van der Waals surface area contributed by atoms with E-state index in [0.717, 1.165) is 5.56 Å². The van der Waals surface area contributed by atoms with Gasteiger partial charge in [-0.25, -0.2) is 0 Å². The minimum Gasteiger partial charge on any atom is -0.496 e. The van der Waals surface area contributed by atoms with Crippen LogP contribution < -0.4 is 4.74 Å². The summed E-state index contributed by atoms with van der Waals surface area (Å²) in [4.78, 5) is 2.18. The number of aromatic nitrogens is 2. The van der Waals surface area contributed by atoms with Crippen molar-refractivity contribution in [2.45, 2.75) is 25.4 Å². The van der Waals surface area contributed by atoms with Gasteiger partial charge in [0.15, 0.2) is 0 Å². The summed E-state index contributed by atoms with van der Waals surface area (Å²) in [6.07, 6.45) is 2.35. The van der Waals surface area contributed by atoms with Gasteiger partial charge in [0.2, 0.25) is 5.89 Å². The molecule has 1 fully saturated rings. The highest BCUT2D eigenvalue weighted by molar-refractivity contribution is 5.62. The van der Waals surface area contributed by atoms with Gasteiger partial charge in [-0.05, 0) is 25.0 Å². The average Bonchev–Trinajstić information content (AvgIpc) is 3.26. The van der Waals surface area contributed by atoms with Crippen LogP contribution in [0, 0.1) is 0 Å². The quantitative estimate of drug-likeness (QED) is 0.836. The van der Waals surface area contributed by atoms with Crippen LogP contribution in [0.1, 0.15) is 18.7 Å². The highest BCUT2D eigenvalue weighted by atomic mass is 16.5. The van der Waals surface area contributed by atoms with Gasteiger partial charge in [0.05, 0.1) is 25.8 Å². The highest BCUT2D eigenvalue weighted by Gasteiger charge is 2.29. The lowest BCUT2D eigenvalue weighted by molar-refractivity contribution is 0.172. The van der Waals surface area contributed by atoms with E-state index in [1.165, 1.54) is 12.8 Å². The zero-order chi connectivity index (χ0) is 14.7. The highest BCUT2D eigenvalue weighted by Crippen LogP contribution is 2.30. The Balaban J connectivity index is 1.76. The maximum Gasteiger partial charge on any atom is 0.251 e. The van der Waals surface area contributed by atoms with Gasteiger partial charge in [0, 0.05) is 12.6 Å². The third-order valence-electron chi connectivity index (χ3n) is 3.59. The molecule has 6 nitrogen and oxygen atoms in total. The average molecular weight is 289 g/mol. The summed E-state index contributed by atoms with van der Waals surface area (Å²) < 4.78 is 11.0. The van der Waals surface area contributed by atoms with Crippen LogP contribution in [-0.2, 0) is 6.54 Å². The molecule has 3 rings (SSSR count). The molecule has 1 aromatic carbocycles. The topological polar surface area (TPSA) is 71.6 Å². The van der Waals surface area contributed by atoms with E-state index in [-0.39, 0.29) is 6.61 Å². The van der Waals surface area contributed by atoms with Crippen molar-refractivity contribution in [3.05, 3.63) is 30.2 Å². The molecule has 2 aromatic rings. The summed E-state index contributed by atoms with van der Waals surface area (Å²) in [5.41, 5.74) is 0.791. The van der Waals surface area contributed by atoms with Gasteiger partial charge in [-0.2, -0.15) is 0 Å². The van der Waals surface area contributed by atoms with E-state index >= 15 is 0 Å². The molecule has 0 atom stereocenters. The smallest absolute Gasteiger partial charge is 0.251 e. The lowest BCUT2D eigenvalue weighted by atomic mass is 10.2. The molecule has 21 heavy (non-hydrogen) atoms. The van der Waals surface area contributed by atoms with Crippen molar-refractivity contribution in [1.82, 2.24) is 15.1 Å². The fourth-order valence-electron chi connectivity index (χ4n) is 2.38. The Kier molecular flexibility index (Phi) is 4.17. The Morgan fingerprint density at radius 1 is 1.33 bits per heavy atom. The van der Waals surface area contributed by atoms with Crippen LogP contribution >= 0.6 is 0 Å². The van der Waals surface area contributed by atoms with Crippen LogP contribution in [0.4, 0.5) is 0 Å². The van der Waals surface area contributed by atoms with Gasteiger partial charge in [-0.15, -0.1) is 10.2 Å². The zero-order valence-electron chi connectivity index (χ0n) is 12.0. The number of hydrogen-bond donors (Lipinski definition) is 1. The molecule has 1 heterocycles. The third-order valence-corrected chi connectivity index (χ3v) is 3.59. The minimum atomic E-state index is 0.143. The first kappa shape index (κ1) is 14.0. The monoisotopic (exact) mass is 289 g/mol. The number of rotatable bonds is 7. The van der Waals surface area contributed by atoms with Crippen LogP contribution in [0.25, 0.3) is 11.5 Å². The Morgan fingerprint density at radius 2 is 2.14 bits per heavy atom. The molecule has 1 saturated carbocycles. The Bertz CT molecular complexity index is 595. The maximum absolute atomic E-state index is 9.12. The standard InChI is InChI=1S/C15H19N3O3/c1-20-13-5-3-2-4-12(13)15-17-16-14(21-15)10-18(8-9-19)11-6-7-11/h2-5,11,19H,6-10H2,1H3. The normalized spacial score (nSPS) is 14.6. The first-order valence-electron chi connectivity index (χ1n) is 7.12. The number of nitrogens with zero attached hydrogens (tertiary/aromatic N) is 3. The number of para-hydroxylation sites is 1. The van der Waals surface area contributed by atoms with Crippen LogP contribution in [0.5, 0.6) is 5.75 Å². The molecular formula is C15H19N3O3. The van der Waals surface area contributed by atoms with E-state index < -0.39 is 0 Å². The molecule has 0 bridgehead atoms. The first-order chi connectivity index (χ1) is 10.3. The number of hydrogen-bond acceptors (Lipinski definition) is 6. The molecule has 0 saturated heterocycles. The van der Waals surface area contributed by atoms with Crippen molar-refractivity contribution in [2.75, 3.05) is 20.3 Å². The third kappa shape index (κ3) is 3.22. The van der Waals surface area contributed by atoms with E-state index in [9.17, 15) is 0 Å². The molecular weight excluding hydrogens is 270 g/mol. The summed E-state index contributed by atoms with van der Waals surface area (Å²) in [6.45, 7) is 1.36. The largest absolute Gasteiger partial charge is 0.496 e. The Morgan fingerprint density at radius 3 is 2.86 bits per heavy atom. The molecule has 0 radical (unpaired) electrons. The molecule has 112 valence electrons. The second-order valence-corrected chi connectivity index (χ2v) is 5.13. The van der Waals surface area contributed by atoms with Crippen LogP contribution in [0.2, 0.25) is 0 Å². The fraction of sp³-hybridized carbons (Fsp3) is 0.467. The van der Waals surface area contributed by atoms with Crippen LogP contribution in [0.15, 0.2) is 28.7 Å². The van der Waals surface area contributed by atoms with Gasteiger partial charge in [-0.1, -0.05) is 12.1 Å². The summed E-state index contributed by atoms with van der Waals surface area (Å²) in [5, 5.41) is 17.3. The molecule has 0 aliphatic heterocycles. The number of ether oxygens (including phenoxy) is 1. The molecule has 0 amide bonds. The maximum atomic E-state index is 9.12. The molecule has 6 heteroatoms. The Labute approximate surface area is 123 Å². The molecule has 0 spiro atoms. The van der Waals surface area contributed by atoms with Gasteiger partial charge < -0.3 is 14.3 Å². The predicted octanol–water partition coefficient (Wildman–Crippen LogP) is 1.70. The van der Waals surface area contributed by atoms with Crippen LogP contribution in [0.3, 0.4) is 0 Å². The summed E-state index contributed by atoms with van der Waals surface area (Å²) in [7, 11) is 1.62. The molecule has 0 unspecified atom stereocenters. The van der Waals surface area contributed by atoms with Crippen molar-refractivity contribution >= 4 is 0 Å². The van der Waals surface area contributed by atoms with E-state index in [1.54, 1.807) is 7.11 Å². The molecule has 1 N–H and O–H groups in total. The minimum absolute atomic E-state index is 0.143. The van der Waals surface area contributed by atoms with Crippen molar-refractivity contribution in [3.8, 4) is 17.2 Å². The summed E-state index contributed by atoms with van der Waals surface area (Å²) >= 11 is 0. The number of methoxy groups -OCH3 is 1. The number of aliphatic hydroxyl groups excluding tert-OH is 1.